The van der Waals surface area contributed by atoms with Gasteiger partial charge in [0.1, 0.15) is 23.0 Å². The van der Waals surface area contributed by atoms with Crippen molar-refractivity contribution in [2.45, 2.75) is 25.2 Å². The molecule has 0 saturated heterocycles. The molecule has 1 heterocycles. The predicted molar refractivity (Wildman–Crippen MR) is 93.5 cm³/mol. The first-order valence-electron chi connectivity index (χ1n) is 7.70. The molecule has 2 aromatic carbocycles. The minimum absolute atomic E-state index is 0.0761. The third-order valence-electron chi connectivity index (χ3n) is 4.13. The number of carboxylic acids is 1. The first kappa shape index (κ1) is 17.6. The van der Waals surface area contributed by atoms with Gasteiger partial charge in [-0.1, -0.05) is 30.3 Å². The number of rotatable bonds is 6. The van der Waals surface area contributed by atoms with Gasteiger partial charge in [-0.3, -0.25) is 14.7 Å². The van der Waals surface area contributed by atoms with Gasteiger partial charge in [0.05, 0.1) is 0 Å². The molecule has 0 fully saturated rings. The van der Waals surface area contributed by atoms with Gasteiger partial charge in [0.25, 0.3) is 0 Å². The molecule has 0 aliphatic heterocycles. The van der Waals surface area contributed by atoms with E-state index in [0.717, 1.165) is 16.4 Å². The van der Waals surface area contributed by atoms with E-state index in [-0.39, 0.29) is 6.42 Å². The van der Waals surface area contributed by atoms with Crippen molar-refractivity contribution in [2.75, 3.05) is 0 Å². The quantitative estimate of drug-likeness (QED) is 0.497. The molecular weight excluding hydrogens is 345 g/mol. The zero-order chi connectivity index (χ0) is 18.2. The Bertz CT molecular complexity index is 976. The molecule has 0 unspecified atom stereocenters. The largest absolute Gasteiger partial charge is 0.480 e. The monoisotopic (exact) mass is 363 g/mol. The topological polar surface area (TPSA) is 120 Å². The molecule has 0 aliphatic carbocycles. The number of hydrogen-bond acceptors (Lipinski definition) is 4. The lowest BCUT2D eigenvalue weighted by molar-refractivity contribution is -0.139. The number of hydrogen-bond donors (Lipinski definition) is 4. The SMILES string of the molecule is C[C@@H](N[C@@H](Cc1ccc2c(c1)oc1ccccc12)C(=O)O)P(=O)(O)O. The second-order valence-corrected chi connectivity index (χ2v) is 7.91. The van der Waals surface area contributed by atoms with Crippen molar-refractivity contribution in [2.24, 2.45) is 0 Å². The molecule has 0 radical (unpaired) electrons. The third kappa shape index (κ3) is 3.75. The fourth-order valence-corrected chi connectivity index (χ4v) is 3.11. The number of carbonyl (C=O) groups is 1. The molecule has 0 amide bonds. The van der Waals surface area contributed by atoms with Crippen LogP contribution in [0.3, 0.4) is 0 Å². The predicted octanol–water partition coefficient (Wildman–Crippen LogP) is 2.70. The Morgan fingerprint density at radius 2 is 1.84 bits per heavy atom. The van der Waals surface area contributed by atoms with Crippen LogP contribution in [0.1, 0.15) is 12.5 Å². The van der Waals surface area contributed by atoms with Gasteiger partial charge >= 0.3 is 13.6 Å². The Balaban J connectivity index is 1.88. The Hall–Kier alpha value is -2.18. The van der Waals surface area contributed by atoms with E-state index in [9.17, 15) is 14.5 Å². The summed E-state index contributed by atoms with van der Waals surface area (Å²) < 4.78 is 17.0. The lowest BCUT2D eigenvalue weighted by atomic mass is 10.0. The first-order valence-corrected chi connectivity index (χ1v) is 9.38. The van der Waals surface area contributed by atoms with Gasteiger partial charge in [-0.25, -0.2) is 0 Å². The van der Waals surface area contributed by atoms with Crippen LogP contribution in [0.2, 0.25) is 0 Å². The third-order valence-corrected chi connectivity index (χ3v) is 5.29. The van der Waals surface area contributed by atoms with Crippen molar-refractivity contribution in [3.8, 4) is 0 Å². The van der Waals surface area contributed by atoms with Crippen LogP contribution in [0.25, 0.3) is 21.9 Å². The van der Waals surface area contributed by atoms with Crippen LogP contribution in [-0.2, 0) is 15.8 Å². The van der Waals surface area contributed by atoms with Crippen LogP contribution in [0, 0.1) is 0 Å². The molecule has 0 bridgehead atoms. The van der Waals surface area contributed by atoms with Crippen LogP contribution >= 0.6 is 7.60 Å². The number of carboxylic acid groups (broad SMARTS) is 1. The van der Waals surface area contributed by atoms with Crippen LogP contribution < -0.4 is 5.32 Å². The van der Waals surface area contributed by atoms with E-state index in [1.165, 1.54) is 6.92 Å². The molecule has 1 aromatic heterocycles. The second kappa shape index (κ2) is 6.61. The Labute approximate surface area is 143 Å². The van der Waals surface area contributed by atoms with E-state index >= 15 is 0 Å². The summed E-state index contributed by atoms with van der Waals surface area (Å²) in [5.41, 5.74) is 2.09. The number of nitrogens with one attached hydrogen (secondary N) is 1. The van der Waals surface area contributed by atoms with Gasteiger partial charge in [-0.15, -0.1) is 0 Å². The molecule has 4 N–H and O–H groups in total. The molecule has 0 aliphatic rings. The summed E-state index contributed by atoms with van der Waals surface area (Å²) in [7, 11) is -4.41. The molecule has 25 heavy (non-hydrogen) atoms. The van der Waals surface area contributed by atoms with E-state index < -0.39 is 25.4 Å². The Morgan fingerprint density at radius 1 is 1.16 bits per heavy atom. The number of furan rings is 1. The van der Waals surface area contributed by atoms with Gasteiger partial charge in [-0.05, 0) is 31.0 Å². The van der Waals surface area contributed by atoms with Gasteiger partial charge in [-0.2, -0.15) is 0 Å². The standard InChI is InChI=1S/C17H18NO6P/c1-10(25(21,22)23)18-14(17(19)20)8-11-6-7-13-12-4-2-3-5-15(12)24-16(13)9-11/h2-7,9-10,14,18H,8H2,1H3,(H,19,20)(H2,21,22,23)/t10-,14-/m0/s1. The molecule has 3 aromatic rings. The van der Waals surface area contributed by atoms with Crippen LogP contribution in [-0.4, -0.2) is 32.7 Å². The summed E-state index contributed by atoms with van der Waals surface area (Å²) in [5.74, 6) is -2.42. The van der Waals surface area contributed by atoms with Crippen molar-refractivity contribution < 1.29 is 28.7 Å². The highest BCUT2D eigenvalue weighted by Crippen LogP contribution is 2.39. The van der Waals surface area contributed by atoms with Crippen molar-refractivity contribution >= 4 is 35.5 Å². The zero-order valence-corrected chi connectivity index (χ0v) is 14.3. The van der Waals surface area contributed by atoms with E-state index in [1.807, 2.05) is 30.3 Å². The average molecular weight is 363 g/mol. The van der Waals surface area contributed by atoms with Gasteiger partial charge in [0.2, 0.25) is 0 Å². The molecule has 8 heteroatoms. The number of aliphatic carboxylic acids is 1. The maximum absolute atomic E-state index is 11.4. The van der Waals surface area contributed by atoms with Gasteiger partial charge in [0.15, 0.2) is 0 Å². The molecule has 132 valence electrons. The fourth-order valence-electron chi connectivity index (χ4n) is 2.74. The second-order valence-electron chi connectivity index (χ2n) is 5.96. The minimum atomic E-state index is -4.41. The van der Waals surface area contributed by atoms with Crippen molar-refractivity contribution in [3.05, 3.63) is 48.0 Å². The number of para-hydroxylation sites is 1. The van der Waals surface area contributed by atoms with E-state index in [0.29, 0.717) is 11.1 Å². The average Bonchev–Trinajstić information content (AvgIpc) is 2.90. The first-order chi connectivity index (χ1) is 11.8. The number of benzene rings is 2. The van der Waals surface area contributed by atoms with Crippen LogP contribution in [0.4, 0.5) is 0 Å². The maximum atomic E-state index is 11.4. The Morgan fingerprint density at radius 3 is 2.52 bits per heavy atom. The maximum Gasteiger partial charge on any atom is 0.342 e. The smallest absolute Gasteiger partial charge is 0.342 e. The minimum Gasteiger partial charge on any atom is -0.480 e. The summed E-state index contributed by atoms with van der Waals surface area (Å²) in [6, 6.07) is 11.9. The zero-order valence-electron chi connectivity index (χ0n) is 13.4. The Kier molecular flexibility index (Phi) is 4.67. The van der Waals surface area contributed by atoms with Crippen molar-refractivity contribution in [1.29, 1.82) is 0 Å². The van der Waals surface area contributed by atoms with Crippen molar-refractivity contribution in [1.82, 2.24) is 5.32 Å². The molecule has 0 saturated carbocycles. The van der Waals surface area contributed by atoms with Crippen molar-refractivity contribution in [3.63, 3.8) is 0 Å². The fraction of sp³-hybridized carbons (Fsp3) is 0.235. The molecule has 2 atom stereocenters. The number of fused-ring (bicyclic) bond motifs is 3. The highest BCUT2D eigenvalue weighted by Gasteiger charge is 2.29. The van der Waals surface area contributed by atoms with Crippen LogP contribution in [0.5, 0.6) is 0 Å². The molecule has 7 nitrogen and oxygen atoms in total. The highest BCUT2D eigenvalue weighted by atomic mass is 31.2. The lowest BCUT2D eigenvalue weighted by Gasteiger charge is -2.21. The van der Waals surface area contributed by atoms with E-state index in [4.69, 9.17) is 14.2 Å². The van der Waals surface area contributed by atoms with Gasteiger partial charge in [0, 0.05) is 10.8 Å². The van der Waals surface area contributed by atoms with Gasteiger partial charge < -0.3 is 19.3 Å². The van der Waals surface area contributed by atoms with Crippen LogP contribution in [0.15, 0.2) is 46.9 Å². The molecule has 0 spiro atoms. The van der Waals surface area contributed by atoms with E-state index in [2.05, 4.69) is 5.32 Å². The highest BCUT2D eigenvalue weighted by molar-refractivity contribution is 7.52. The van der Waals surface area contributed by atoms with E-state index in [1.54, 1.807) is 12.1 Å². The summed E-state index contributed by atoms with van der Waals surface area (Å²) in [5, 5.41) is 13.7. The summed E-state index contributed by atoms with van der Waals surface area (Å²) >= 11 is 0. The normalized spacial score (nSPS) is 14.7. The summed E-state index contributed by atoms with van der Waals surface area (Å²) in [6.45, 7) is 1.26. The summed E-state index contributed by atoms with van der Waals surface area (Å²) in [6.07, 6.45) is 0.0761. The summed E-state index contributed by atoms with van der Waals surface area (Å²) in [4.78, 5) is 29.7. The molecular formula is C17H18NO6P. The molecule has 3 rings (SSSR count). The lowest BCUT2D eigenvalue weighted by Crippen LogP contribution is -2.43.